The summed E-state index contributed by atoms with van der Waals surface area (Å²) >= 11 is 5.96. The molecular weight excluding hydrogens is 392 g/mol. The first kappa shape index (κ1) is 21.7. The van der Waals surface area contributed by atoms with Crippen molar-refractivity contribution in [3.8, 4) is 0 Å². The van der Waals surface area contributed by atoms with Crippen molar-refractivity contribution in [3.63, 3.8) is 0 Å². The van der Waals surface area contributed by atoms with Gasteiger partial charge in [0.1, 0.15) is 0 Å². The Morgan fingerprint density at radius 1 is 1.30 bits per heavy atom. The molecule has 0 bridgehead atoms. The fourth-order valence-electron chi connectivity index (χ4n) is 3.20. The van der Waals surface area contributed by atoms with Gasteiger partial charge < -0.3 is 10.1 Å². The zero-order valence-electron chi connectivity index (χ0n) is 15.6. The van der Waals surface area contributed by atoms with Gasteiger partial charge in [-0.05, 0) is 43.4 Å². The van der Waals surface area contributed by atoms with Crippen LogP contribution >= 0.6 is 11.6 Å². The molecule has 0 radical (unpaired) electrons. The Morgan fingerprint density at radius 2 is 1.96 bits per heavy atom. The van der Waals surface area contributed by atoms with Gasteiger partial charge in [-0.3, -0.25) is 4.79 Å². The largest absolute Gasteiger partial charge is 0.449 e. The second-order valence-electron chi connectivity index (χ2n) is 7.12. The molecule has 0 spiro atoms. The van der Waals surface area contributed by atoms with E-state index in [2.05, 4.69) is 19.2 Å². The van der Waals surface area contributed by atoms with Crippen LogP contribution in [0, 0.1) is 11.8 Å². The highest BCUT2D eigenvalue weighted by atomic mass is 35.5. The highest BCUT2D eigenvalue weighted by molar-refractivity contribution is 7.89. The van der Waals surface area contributed by atoms with Gasteiger partial charge in [-0.1, -0.05) is 38.3 Å². The number of benzene rings is 1. The molecule has 1 saturated carbocycles. The highest BCUT2D eigenvalue weighted by Crippen LogP contribution is 2.29. The van der Waals surface area contributed by atoms with Gasteiger partial charge in [0.2, 0.25) is 10.0 Å². The number of primary sulfonamides is 1. The average Bonchev–Trinajstić information content (AvgIpc) is 2.58. The van der Waals surface area contributed by atoms with Gasteiger partial charge in [-0.25, -0.2) is 18.4 Å². The van der Waals surface area contributed by atoms with Crippen LogP contribution in [-0.2, 0) is 19.6 Å². The van der Waals surface area contributed by atoms with Crippen molar-refractivity contribution >= 4 is 33.5 Å². The molecule has 0 aromatic heterocycles. The normalized spacial score (nSPS) is 24.1. The minimum atomic E-state index is -4.00. The monoisotopic (exact) mass is 416 g/mol. The third kappa shape index (κ3) is 5.43. The lowest BCUT2D eigenvalue weighted by molar-refractivity contribution is -0.130. The van der Waals surface area contributed by atoms with Crippen LogP contribution in [0.25, 0.3) is 0 Å². The number of halogens is 1. The number of sulfonamides is 1. The van der Waals surface area contributed by atoms with Crippen LogP contribution < -0.4 is 10.5 Å². The number of nitrogens with one attached hydrogen (secondary N) is 1. The molecule has 1 aromatic carbocycles. The Kier molecular flexibility index (Phi) is 6.88. The van der Waals surface area contributed by atoms with E-state index >= 15 is 0 Å². The van der Waals surface area contributed by atoms with Crippen molar-refractivity contribution in [3.05, 3.63) is 28.8 Å². The fraction of sp³-hybridized carbons (Fsp3) is 0.556. The molecule has 27 heavy (non-hydrogen) atoms. The van der Waals surface area contributed by atoms with Gasteiger partial charge >= 0.3 is 5.97 Å². The molecule has 2 rings (SSSR count). The second kappa shape index (κ2) is 8.58. The van der Waals surface area contributed by atoms with Gasteiger partial charge in [-0.15, -0.1) is 0 Å². The molecule has 0 saturated heterocycles. The number of nitrogens with two attached hydrogens (primary N) is 1. The summed E-state index contributed by atoms with van der Waals surface area (Å²) in [4.78, 5) is 24.5. The predicted molar refractivity (Wildman–Crippen MR) is 102 cm³/mol. The molecule has 4 atom stereocenters. The number of carbonyl (C=O) groups is 2. The lowest BCUT2D eigenvalue weighted by Gasteiger charge is -2.35. The number of hydrogen-bond donors (Lipinski definition) is 2. The van der Waals surface area contributed by atoms with Crippen molar-refractivity contribution in [1.29, 1.82) is 0 Å². The summed E-state index contributed by atoms with van der Waals surface area (Å²) in [6.07, 6.45) is 2.02. The second-order valence-corrected chi connectivity index (χ2v) is 9.09. The maximum atomic E-state index is 12.4. The lowest BCUT2D eigenvalue weighted by Crippen LogP contribution is -2.47. The molecule has 1 aliphatic rings. The highest BCUT2D eigenvalue weighted by Gasteiger charge is 2.30. The molecule has 9 heteroatoms. The summed E-state index contributed by atoms with van der Waals surface area (Å²) in [5.74, 6) is -0.431. The van der Waals surface area contributed by atoms with Crippen LogP contribution in [0.15, 0.2) is 23.1 Å². The first-order valence-corrected chi connectivity index (χ1v) is 10.8. The minimum absolute atomic E-state index is 0.00901. The number of amides is 1. The van der Waals surface area contributed by atoms with Crippen molar-refractivity contribution in [1.82, 2.24) is 5.32 Å². The van der Waals surface area contributed by atoms with Gasteiger partial charge in [0.15, 0.2) is 6.10 Å². The molecule has 0 unspecified atom stereocenters. The number of esters is 1. The van der Waals surface area contributed by atoms with Crippen LogP contribution in [-0.4, -0.2) is 32.4 Å². The van der Waals surface area contributed by atoms with Gasteiger partial charge in [-0.2, -0.15) is 0 Å². The van der Waals surface area contributed by atoms with Gasteiger partial charge in [0, 0.05) is 6.04 Å². The Balaban J connectivity index is 2.06. The van der Waals surface area contributed by atoms with E-state index in [9.17, 15) is 18.0 Å². The van der Waals surface area contributed by atoms with E-state index in [1.54, 1.807) is 0 Å². The lowest BCUT2D eigenvalue weighted by atomic mass is 9.78. The molecule has 0 aliphatic heterocycles. The van der Waals surface area contributed by atoms with Gasteiger partial charge in [0.05, 0.1) is 15.5 Å². The van der Waals surface area contributed by atoms with E-state index < -0.39 is 28.0 Å². The van der Waals surface area contributed by atoms with Crippen LogP contribution in [0.1, 0.15) is 50.4 Å². The summed E-state index contributed by atoms with van der Waals surface area (Å²) in [7, 11) is -4.00. The first-order valence-electron chi connectivity index (χ1n) is 8.84. The smallest absolute Gasteiger partial charge is 0.340 e. The SMILES string of the molecule is C[C@H]1[C@H](C)CCC[C@H]1NC(=O)[C@@H](C)OC(=O)c1cc(S(N)(=O)=O)ccc1Cl. The van der Waals surface area contributed by atoms with Crippen LogP contribution in [0.4, 0.5) is 0 Å². The topological polar surface area (TPSA) is 116 Å². The van der Waals surface area contributed by atoms with E-state index in [1.807, 2.05) is 0 Å². The van der Waals surface area contributed by atoms with Crippen molar-refractivity contribution < 1.29 is 22.7 Å². The van der Waals surface area contributed by atoms with Crippen molar-refractivity contribution in [2.75, 3.05) is 0 Å². The minimum Gasteiger partial charge on any atom is -0.449 e. The molecule has 1 aromatic rings. The summed E-state index contributed by atoms with van der Waals surface area (Å²) in [6.45, 7) is 5.72. The summed E-state index contributed by atoms with van der Waals surface area (Å²) in [6, 6.07) is 3.51. The van der Waals surface area contributed by atoms with E-state index in [-0.39, 0.29) is 21.5 Å². The zero-order valence-corrected chi connectivity index (χ0v) is 17.1. The van der Waals surface area contributed by atoms with E-state index in [1.165, 1.54) is 19.1 Å². The Morgan fingerprint density at radius 3 is 2.59 bits per heavy atom. The summed E-state index contributed by atoms with van der Waals surface area (Å²) in [5, 5.41) is 8.02. The Hall–Kier alpha value is -1.64. The third-order valence-electron chi connectivity index (χ3n) is 5.17. The number of hydrogen-bond acceptors (Lipinski definition) is 5. The fourth-order valence-corrected chi connectivity index (χ4v) is 3.94. The molecule has 1 fully saturated rings. The van der Waals surface area contributed by atoms with E-state index in [0.717, 1.165) is 25.3 Å². The van der Waals surface area contributed by atoms with Crippen molar-refractivity contribution in [2.45, 2.75) is 57.1 Å². The van der Waals surface area contributed by atoms with E-state index in [4.69, 9.17) is 21.5 Å². The number of ether oxygens (including phenoxy) is 1. The molecule has 0 heterocycles. The van der Waals surface area contributed by atoms with Crippen LogP contribution in [0.5, 0.6) is 0 Å². The van der Waals surface area contributed by atoms with Gasteiger partial charge in [0.25, 0.3) is 5.91 Å². The standard InChI is InChI=1S/C18H25ClN2O5S/c1-10-5-4-6-16(11(10)2)21-17(22)12(3)26-18(23)14-9-13(27(20,24)25)7-8-15(14)19/h7-12,16H,4-6H2,1-3H3,(H,21,22)(H2,20,24,25)/t10-,11+,12-,16-/m1/s1. The van der Waals surface area contributed by atoms with Crippen LogP contribution in [0.2, 0.25) is 5.02 Å². The number of rotatable bonds is 5. The maximum absolute atomic E-state index is 12.4. The molecule has 1 aliphatic carbocycles. The molecular formula is C18H25ClN2O5S. The van der Waals surface area contributed by atoms with Crippen LogP contribution in [0.3, 0.4) is 0 Å². The quantitative estimate of drug-likeness (QED) is 0.715. The Labute approximate surface area is 164 Å². The summed E-state index contributed by atoms with van der Waals surface area (Å²) in [5.41, 5.74) is -0.164. The third-order valence-corrected chi connectivity index (χ3v) is 6.41. The van der Waals surface area contributed by atoms with Crippen molar-refractivity contribution in [2.24, 2.45) is 17.0 Å². The zero-order chi connectivity index (χ0) is 20.4. The average molecular weight is 417 g/mol. The predicted octanol–water partition coefficient (Wildman–Crippen LogP) is 2.47. The first-order chi connectivity index (χ1) is 12.5. The Bertz CT molecular complexity index is 827. The summed E-state index contributed by atoms with van der Waals surface area (Å²) < 4.78 is 28.1. The molecule has 7 nitrogen and oxygen atoms in total. The molecule has 3 N–H and O–H groups in total. The number of carbonyl (C=O) groups excluding carboxylic acids is 2. The van der Waals surface area contributed by atoms with E-state index in [0.29, 0.717) is 11.8 Å². The molecule has 1 amide bonds. The maximum Gasteiger partial charge on any atom is 0.340 e. The molecule has 150 valence electrons.